The quantitative estimate of drug-likeness (QED) is 0.922. The van der Waals surface area contributed by atoms with E-state index in [-0.39, 0.29) is 11.9 Å². The molecular formula is C14H17FN2S. The van der Waals surface area contributed by atoms with Crippen molar-refractivity contribution in [3.63, 3.8) is 0 Å². The zero-order valence-corrected chi connectivity index (χ0v) is 11.6. The fourth-order valence-corrected chi connectivity index (χ4v) is 3.01. The lowest BCUT2D eigenvalue weighted by atomic mass is 10.00. The molecule has 96 valence electrons. The Labute approximate surface area is 111 Å². The SMILES string of the molecule is Cc1nc(C)c(C(N)Cc2cc(F)ccc2C)s1. The van der Waals surface area contributed by atoms with Crippen LogP contribution < -0.4 is 5.73 Å². The molecule has 18 heavy (non-hydrogen) atoms. The monoisotopic (exact) mass is 264 g/mol. The molecule has 0 spiro atoms. The maximum atomic E-state index is 13.2. The van der Waals surface area contributed by atoms with E-state index in [2.05, 4.69) is 4.98 Å². The fraction of sp³-hybridized carbons (Fsp3) is 0.357. The van der Waals surface area contributed by atoms with Crippen LogP contribution >= 0.6 is 11.3 Å². The molecule has 0 radical (unpaired) electrons. The summed E-state index contributed by atoms with van der Waals surface area (Å²) in [7, 11) is 0. The van der Waals surface area contributed by atoms with Crippen LogP contribution in [0.4, 0.5) is 4.39 Å². The van der Waals surface area contributed by atoms with E-state index in [0.717, 1.165) is 26.7 Å². The topological polar surface area (TPSA) is 38.9 Å². The first-order valence-corrected chi connectivity index (χ1v) is 6.73. The molecule has 1 aromatic carbocycles. The van der Waals surface area contributed by atoms with Gasteiger partial charge in [0.1, 0.15) is 5.82 Å². The summed E-state index contributed by atoms with van der Waals surface area (Å²) in [6.45, 7) is 5.92. The van der Waals surface area contributed by atoms with Gasteiger partial charge in [-0.2, -0.15) is 0 Å². The highest BCUT2D eigenvalue weighted by molar-refractivity contribution is 7.11. The van der Waals surface area contributed by atoms with Gasteiger partial charge in [0.15, 0.2) is 0 Å². The molecule has 0 aliphatic heterocycles. The van der Waals surface area contributed by atoms with Crippen molar-refractivity contribution in [1.82, 2.24) is 4.98 Å². The van der Waals surface area contributed by atoms with E-state index in [4.69, 9.17) is 5.73 Å². The summed E-state index contributed by atoms with van der Waals surface area (Å²) in [6, 6.07) is 4.73. The molecule has 0 aliphatic rings. The second kappa shape index (κ2) is 5.16. The van der Waals surface area contributed by atoms with Crippen molar-refractivity contribution in [3.8, 4) is 0 Å². The summed E-state index contributed by atoms with van der Waals surface area (Å²) in [4.78, 5) is 5.47. The first-order valence-electron chi connectivity index (χ1n) is 5.92. The van der Waals surface area contributed by atoms with E-state index in [1.807, 2.05) is 20.8 Å². The highest BCUT2D eigenvalue weighted by Gasteiger charge is 2.15. The maximum absolute atomic E-state index is 13.2. The molecular weight excluding hydrogens is 247 g/mol. The lowest BCUT2D eigenvalue weighted by Crippen LogP contribution is -2.14. The minimum atomic E-state index is -0.208. The standard InChI is InChI=1S/C14H17FN2S/c1-8-4-5-12(15)6-11(8)7-13(16)14-9(2)17-10(3)18-14/h4-6,13H,7,16H2,1-3H3. The molecule has 1 unspecified atom stereocenters. The van der Waals surface area contributed by atoms with Gasteiger partial charge in [-0.1, -0.05) is 6.07 Å². The molecule has 1 heterocycles. The molecule has 1 atom stereocenters. The number of hydrogen-bond acceptors (Lipinski definition) is 3. The zero-order chi connectivity index (χ0) is 13.3. The molecule has 0 saturated heterocycles. The number of nitrogens with two attached hydrogens (primary N) is 1. The highest BCUT2D eigenvalue weighted by Crippen LogP contribution is 2.26. The van der Waals surface area contributed by atoms with Gasteiger partial charge in [0, 0.05) is 10.9 Å². The Morgan fingerprint density at radius 1 is 1.33 bits per heavy atom. The normalized spacial score (nSPS) is 12.7. The van der Waals surface area contributed by atoms with E-state index in [1.165, 1.54) is 6.07 Å². The highest BCUT2D eigenvalue weighted by atomic mass is 32.1. The van der Waals surface area contributed by atoms with Crippen LogP contribution in [0.25, 0.3) is 0 Å². The number of aryl methyl sites for hydroxylation is 3. The minimum Gasteiger partial charge on any atom is -0.323 e. The lowest BCUT2D eigenvalue weighted by Gasteiger charge is -2.12. The van der Waals surface area contributed by atoms with E-state index in [1.54, 1.807) is 23.5 Å². The Bertz CT molecular complexity index is 563. The lowest BCUT2D eigenvalue weighted by molar-refractivity contribution is 0.621. The van der Waals surface area contributed by atoms with Gasteiger partial charge in [0.2, 0.25) is 0 Å². The number of hydrogen-bond donors (Lipinski definition) is 1. The van der Waals surface area contributed by atoms with Crippen LogP contribution in [0.1, 0.15) is 32.7 Å². The number of halogens is 1. The van der Waals surface area contributed by atoms with E-state index in [9.17, 15) is 4.39 Å². The summed E-state index contributed by atoms with van der Waals surface area (Å²) >= 11 is 1.62. The number of thiazole rings is 1. The van der Waals surface area contributed by atoms with Crippen molar-refractivity contribution in [2.24, 2.45) is 5.73 Å². The molecule has 2 aromatic rings. The molecule has 2 N–H and O–H groups in total. The summed E-state index contributed by atoms with van der Waals surface area (Å²) < 4.78 is 13.2. The van der Waals surface area contributed by atoms with Crippen molar-refractivity contribution in [2.45, 2.75) is 33.2 Å². The Balaban J connectivity index is 2.23. The summed E-state index contributed by atoms with van der Waals surface area (Å²) in [5, 5.41) is 1.02. The average Bonchev–Trinajstić information content (AvgIpc) is 2.63. The summed E-state index contributed by atoms with van der Waals surface area (Å²) in [5.74, 6) is -0.208. The van der Waals surface area contributed by atoms with E-state index in [0.29, 0.717) is 6.42 Å². The van der Waals surface area contributed by atoms with Crippen LogP contribution in [0.5, 0.6) is 0 Å². The maximum Gasteiger partial charge on any atom is 0.123 e. The fourth-order valence-electron chi connectivity index (χ4n) is 2.08. The molecule has 4 heteroatoms. The molecule has 2 nitrogen and oxygen atoms in total. The van der Waals surface area contributed by atoms with Crippen molar-refractivity contribution in [1.29, 1.82) is 0 Å². The molecule has 0 aliphatic carbocycles. The van der Waals surface area contributed by atoms with Gasteiger partial charge in [0.25, 0.3) is 0 Å². The Morgan fingerprint density at radius 2 is 2.06 bits per heavy atom. The van der Waals surface area contributed by atoms with Gasteiger partial charge in [-0.25, -0.2) is 9.37 Å². The first-order chi connectivity index (χ1) is 8.47. The molecule has 0 fully saturated rings. The molecule has 0 amide bonds. The van der Waals surface area contributed by atoms with Gasteiger partial charge >= 0.3 is 0 Å². The van der Waals surface area contributed by atoms with Crippen LogP contribution in [0.2, 0.25) is 0 Å². The van der Waals surface area contributed by atoms with Crippen LogP contribution in [-0.2, 0) is 6.42 Å². The molecule has 1 aromatic heterocycles. The number of benzene rings is 1. The van der Waals surface area contributed by atoms with Crippen molar-refractivity contribution < 1.29 is 4.39 Å². The number of nitrogens with zero attached hydrogens (tertiary/aromatic N) is 1. The second-order valence-electron chi connectivity index (χ2n) is 4.56. The molecule has 0 bridgehead atoms. The van der Waals surface area contributed by atoms with Crippen LogP contribution in [0.3, 0.4) is 0 Å². The van der Waals surface area contributed by atoms with E-state index < -0.39 is 0 Å². The third-order valence-corrected chi connectivity index (χ3v) is 4.23. The molecule has 0 saturated carbocycles. The Hall–Kier alpha value is -1.26. The minimum absolute atomic E-state index is 0.114. The Kier molecular flexibility index (Phi) is 3.78. The zero-order valence-electron chi connectivity index (χ0n) is 10.8. The molecule has 2 rings (SSSR count). The third-order valence-electron chi connectivity index (χ3n) is 3.03. The number of rotatable bonds is 3. The van der Waals surface area contributed by atoms with Gasteiger partial charge in [0.05, 0.1) is 10.7 Å². The summed E-state index contributed by atoms with van der Waals surface area (Å²) in [6.07, 6.45) is 0.645. The van der Waals surface area contributed by atoms with Gasteiger partial charge in [-0.3, -0.25) is 0 Å². The van der Waals surface area contributed by atoms with Gasteiger partial charge < -0.3 is 5.73 Å². The van der Waals surface area contributed by atoms with Gasteiger partial charge in [-0.05, 0) is 50.5 Å². The largest absolute Gasteiger partial charge is 0.323 e. The summed E-state index contributed by atoms with van der Waals surface area (Å²) in [5.41, 5.74) is 9.23. The number of aromatic nitrogens is 1. The van der Waals surface area contributed by atoms with Gasteiger partial charge in [-0.15, -0.1) is 11.3 Å². The van der Waals surface area contributed by atoms with Crippen LogP contribution in [0, 0.1) is 26.6 Å². The predicted octanol–water partition coefficient (Wildman–Crippen LogP) is 3.45. The smallest absolute Gasteiger partial charge is 0.123 e. The third kappa shape index (κ3) is 2.76. The predicted molar refractivity (Wildman–Crippen MR) is 73.4 cm³/mol. The van der Waals surface area contributed by atoms with E-state index >= 15 is 0 Å². The van der Waals surface area contributed by atoms with Crippen LogP contribution in [0.15, 0.2) is 18.2 Å². The second-order valence-corrected chi connectivity index (χ2v) is 5.80. The average molecular weight is 264 g/mol. The Morgan fingerprint density at radius 3 is 2.67 bits per heavy atom. The first kappa shape index (κ1) is 13.2. The van der Waals surface area contributed by atoms with Crippen LogP contribution in [-0.4, -0.2) is 4.98 Å². The van der Waals surface area contributed by atoms with Crippen molar-refractivity contribution >= 4 is 11.3 Å². The van der Waals surface area contributed by atoms with Crippen molar-refractivity contribution in [2.75, 3.05) is 0 Å². The van der Waals surface area contributed by atoms with Crippen molar-refractivity contribution in [3.05, 3.63) is 50.7 Å².